The number of nitrogens with one attached hydrogen (secondary N) is 3. The Morgan fingerprint density at radius 1 is 1.15 bits per heavy atom. The second-order valence-electron chi connectivity index (χ2n) is 6.86. The summed E-state index contributed by atoms with van der Waals surface area (Å²) in [5.74, 6) is 1.07. The van der Waals surface area contributed by atoms with Gasteiger partial charge in [0.15, 0.2) is 5.96 Å². The van der Waals surface area contributed by atoms with E-state index in [1.165, 1.54) is 0 Å². The van der Waals surface area contributed by atoms with Crippen molar-refractivity contribution in [2.75, 3.05) is 39.3 Å². The molecule has 1 fully saturated rings. The predicted octanol–water partition coefficient (Wildman–Crippen LogP) is 1.32. The van der Waals surface area contributed by atoms with Gasteiger partial charge in [-0.3, -0.25) is 4.79 Å². The number of hydrogen-bond acceptors (Lipinski definition) is 4. The molecule has 1 heterocycles. The summed E-state index contributed by atoms with van der Waals surface area (Å²) in [5.41, 5.74) is 0. The maximum Gasteiger partial charge on any atom is 0.407 e. The quantitative estimate of drug-likeness (QED) is 0.421. The molecule has 2 amide bonds. The molecule has 1 atom stereocenters. The predicted molar refractivity (Wildman–Crippen MR) is 103 cm³/mol. The molecule has 0 aliphatic carbocycles. The Balaban J connectivity index is 2.56. The number of amides is 2. The first-order chi connectivity index (χ1) is 12.5. The molecule has 8 heteroatoms. The van der Waals surface area contributed by atoms with E-state index in [9.17, 15) is 9.59 Å². The number of nitrogens with zero attached hydrogens (tertiary/aromatic N) is 2. The van der Waals surface area contributed by atoms with Gasteiger partial charge in [0.1, 0.15) is 6.54 Å². The van der Waals surface area contributed by atoms with Crippen molar-refractivity contribution in [3.63, 3.8) is 0 Å². The highest BCUT2D eigenvalue weighted by molar-refractivity contribution is 5.85. The fourth-order valence-electron chi connectivity index (χ4n) is 2.88. The monoisotopic (exact) mass is 369 g/mol. The van der Waals surface area contributed by atoms with Crippen molar-refractivity contribution in [3.05, 3.63) is 0 Å². The molecule has 150 valence electrons. The van der Waals surface area contributed by atoms with Crippen LogP contribution in [0.25, 0.3) is 0 Å². The number of alkyl carbamates (subject to hydrolysis) is 1. The number of hydrogen-bond donors (Lipinski definition) is 3. The highest BCUT2D eigenvalue weighted by Crippen LogP contribution is 2.07. The lowest BCUT2D eigenvalue weighted by atomic mass is 10.0. The number of rotatable bonds is 9. The van der Waals surface area contributed by atoms with E-state index in [0.29, 0.717) is 31.6 Å². The lowest BCUT2D eigenvalue weighted by Gasteiger charge is -2.22. The lowest BCUT2D eigenvalue weighted by molar-refractivity contribution is -0.128. The zero-order valence-electron chi connectivity index (χ0n) is 16.6. The molecule has 1 rings (SSSR count). The summed E-state index contributed by atoms with van der Waals surface area (Å²) in [7, 11) is 0. The van der Waals surface area contributed by atoms with Crippen LogP contribution in [0.5, 0.6) is 0 Å². The molecule has 0 aromatic carbocycles. The van der Waals surface area contributed by atoms with Crippen molar-refractivity contribution in [2.24, 2.45) is 10.9 Å². The summed E-state index contributed by atoms with van der Waals surface area (Å²) >= 11 is 0. The second kappa shape index (κ2) is 12.4. The first-order valence-corrected chi connectivity index (χ1v) is 9.69. The second-order valence-corrected chi connectivity index (χ2v) is 6.86. The molecule has 0 bridgehead atoms. The molecular formula is C18H35N5O3. The van der Waals surface area contributed by atoms with Crippen molar-refractivity contribution in [2.45, 2.75) is 53.0 Å². The minimum Gasteiger partial charge on any atom is -0.450 e. The average Bonchev–Trinajstić information content (AvgIpc) is 3.11. The normalized spacial score (nSPS) is 15.7. The van der Waals surface area contributed by atoms with Gasteiger partial charge in [0, 0.05) is 32.2 Å². The third-order valence-electron chi connectivity index (χ3n) is 4.04. The maximum absolute atomic E-state index is 12.1. The summed E-state index contributed by atoms with van der Waals surface area (Å²) < 4.78 is 4.97. The highest BCUT2D eigenvalue weighted by atomic mass is 16.5. The fourth-order valence-corrected chi connectivity index (χ4v) is 2.88. The van der Waals surface area contributed by atoms with Crippen LogP contribution in [0.15, 0.2) is 4.99 Å². The summed E-state index contributed by atoms with van der Waals surface area (Å²) in [6.07, 6.45) is 2.55. The molecule has 1 unspecified atom stereocenters. The minimum atomic E-state index is -0.411. The number of carbonyl (C=O) groups excluding carboxylic acids is 2. The molecule has 1 aliphatic rings. The van der Waals surface area contributed by atoms with Gasteiger partial charge in [0.25, 0.3) is 0 Å². The summed E-state index contributed by atoms with van der Waals surface area (Å²) in [4.78, 5) is 30.1. The highest BCUT2D eigenvalue weighted by Gasteiger charge is 2.18. The van der Waals surface area contributed by atoms with Crippen molar-refractivity contribution in [3.8, 4) is 0 Å². The molecule has 0 spiro atoms. The van der Waals surface area contributed by atoms with Crippen LogP contribution in [0.1, 0.15) is 47.0 Å². The largest absolute Gasteiger partial charge is 0.450 e. The molecule has 0 saturated carbocycles. The molecular weight excluding hydrogens is 334 g/mol. The minimum absolute atomic E-state index is 0.0584. The van der Waals surface area contributed by atoms with Crippen molar-refractivity contribution in [1.82, 2.24) is 20.9 Å². The zero-order chi connectivity index (χ0) is 19.4. The number of likely N-dealkylation sites (tertiary alicyclic amines) is 1. The van der Waals surface area contributed by atoms with Gasteiger partial charge in [-0.2, -0.15) is 0 Å². The smallest absolute Gasteiger partial charge is 0.407 e. The summed E-state index contributed by atoms with van der Waals surface area (Å²) in [6.45, 7) is 11.3. The third kappa shape index (κ3) is 8.92. The Hall–Kier alpha value is -1.99. The molecule has 1 aliphatic heterocycles. The van der Waals surface area contributed by atoms with Crippen molar-refractivity contribution < 1.29 is 14.3 Å². The van der Waals surface area contributed by atoms with Crippen LogP contribution in [0, 0.1) is 5.92 Å². The van der Waals surface area contributed by atoms with Gasteiger partial charge < -0.3 is 25.6 Å². The van der Waals surface area contributed by atoms with E-state index >= 15 is 0 Å². The van der Waals surface area contributed by atoms with E-state index in [4.69, 9.17) is 4.74 Å². The SMILES string of the molecule is CCNC(=NCC(=O)N1CCCC1)NCC(CC(C)C)NC(=O)OCC. The molecule has 3 N–H and O–H groups in total. The van der Waals surface area contributed by atoms with Crippen LogP contribution in [0.2, 0.25) is 0 Å². The Morgan fingerprint density at radius 3 is 2.42 bits per heavy atom. The van der Waals surface area contributed by atoms with Gasteiger partial charge in [-0.15, -0.1) is 0 Å². The van der Waals surface area contributed by atoms with E-state index in [0.717, 1.165) is 32.4 Å². The number of aliphatic imine (C=N–C) groups is 1. The van der Waals surface area contributed by atoms with E-state index in [2.05, 4.69) is 34.8 Å². The van der Waals surface area contributed by atoms with E-state index < -0.39 is 6.09 Å². The van der Waals surface area contributed by atoms with Gasteiger partial charge in [-0.05, 0) is 39.0 Å². The number of ether oxygens (including phenoxy) is 1. The molecule has 26 heavy (non-hydrogen) atoms. The van der Waals surface area contributed by atoms with Gasteiger partial charge in [0.2, 0.25) is 5.91 Å². The van der Waals surface area contributed by atoms with E-state index in [-0.39, 0.29) is 18.5 Å². The third-order valence-corrected chi connectivity index (χ3v) is 4.04. The van der Waals surface area contributed by atoms with Crippen molar-refractivity contribution >= 4 is 18.0 Å². The Labute approximate surface area is 157 Å². The van der Waals surface area contributed by atoms with Crippen LogP contribution in [0.4, 0.5) is 4.79 Å². The Bertz CT molecular complexity index is 462. The van der Waals surface area contributed by atoms with Gasteiger partial charge in [-0.1, -0.05) is 13.8 Å². The summed E-state index contributed by atoms with van der Waals surface area (Å²) in [6, 6.07) is -0.0767. The molecule has 1 saturated heterocycles. The topological polar surface area (TPSA) is 95.1 Å². The average molecular weight is 370 g/mol. The van der Waals surface area contributed by atoms with Crippen LogP contribution in [0.3, 0.4) is 0 Å². The summed E-state index contributed by atoms with van der Waals surface area (Å²) in [5, 5.41) is 9.23. The van der Waals surface area contributed by atoms with Crippen LogP contribution >= 0.6 is 0 Å². The standard InChI is InChI=1S/C18H35N5O3/c1-5-19-17(21-13-16(24)23-9-7-8-10-23)20-12-15(11-14(3)4)22-18(25)26-6-2/h14-15H,5-13H2,1-4H3,(H,22,25)(H2,19,20,21). The first kappa shape index (κ1) is 22.1. The number of guanidine groups is 1. The maximum atomic E-state index is 12.1. The molecule has 8 nitrogen and oxygen atoms in total. The van der Waals surface area contributed by atoms with Gasteiger partial charge >= 0.3 is 6.09 Å². The van der Waals surface area contributed by atoms with E-state index in [1.54, 1.807) is 6.92 Å². The Kier molecular flexibility index (Phi) is 10.5. The van der Waals surface area contributed by atoms with Crippen LogP contribution in [-0.2, 0) is 9.53 Å². The first-order valence-electron chi connectivity index (χ1n) is 9.69. The van der Waals surface area contributed by atoms with Crippen LogP contribution in [-0.4, -0.2) is 68.2 Å². The van der Waals surface area contributed by atoms with E-state index in [1.807, 2.05) is 11.8 Å². The van der Waals surface area contributed by atoms with Gasteiger partial charge in [-0.25, -0.2) is 9.79 Å². The molecule has 0 aromatic heterocycles. The molecule has 0 radical (unpaired) electrons. The fraction of sp³-hybridized carbons (Fsp3) is 0.833. The number of carbonyl (C=O) groups is 2. The van der Waals surface area contributed by atoms with Gasteiger partial charge in [0.05, 0.1) is 6.61 Å². The van der Waals surface area contributed by atoms with Crippen LogP contribution < -0.4 is 16.0 Å². The Morgan fingerprint density at radius 2 is 1.85 bits per heavy atom. The lowest BCUT2D eigenvalue weighted by Crippen LogP contribution is -2.48. The van der Waals surface area contributed by atoms with Crippen molar-refractivity contribution in [1.29, 1.82) is 0 Å². The zero-order valence-corrected chi connectivity index (χ0v) is 16.6. The molecule has 0 aromatic rings.